The zero-order valence-corrected chi connectivity index (χ0v) is 12.1. The molecular weight excluding hydrogens is 268 g/mol. The number of carboxylic acids is 1. The van der Waals surface area contributed by atoms with Crippen LogP contribution in [0.5, 0.6) is 0 Å². The molecule has 0 aromatic heterocycles. The third kappa shape index (κ3) is 4.77. The molecule has 1 aliphatic rings. The van der Waals surface area contributed by atoms with Gasteiger partial charge in [0.05, 0.1) is 11.3 Å². The van der Waals surface area contributed by atoms with Crippen molar-refractivity contribution in [1.29, 1.82) is 0 Å². The quantitative estimate of drug-likeness (QED) is 0.777. The van der Waals surface area contributed by atoms with Gasteiger partial charge in [0.2, 0.25) is 0 Å². The molecule has 2 amide bonds. The Morgan fingerprint density at radius 1 is 1.14 bits per heavy atom. The second-order valence-electron chi connectivity index (χ2n) is 5.52. The fourth-order valence-electron chi connectivity index (χ4n) is 2.81. The van der Waals surface area contributed by atoms with Crippen LogP contribution >= 0.6 is 0 Å². The minimum atomic E-state index is -1.05. The summed E-state index contributed by atoms with van der Waals surface area (Å²) in [6, 6.07) is 6.05. The van der Waals surface area contributed by atoms with Gasteiger partial charge in [0.1, 0.15) is 0 Å². The van der Waals surface area contributed by atoms with Crippen molar-refractivity contribution in [3.05, 3.63) is 29.8 Å². The fraction of sp³-hybridized carbons (Fsp3) is 0.500. The van der Waals surface area contributed by atoms with Gasteiger partial charge in [-0.05, 0) is 24.5 Å². The first kappa shape index (κ1) is 15.4. The number of urea groups is 1. The summed E-state index contributed by atoms with van der Waals surface area (Å²) in [5.41, 5.74) is 0.417. The second kappa shape index (κ2) is 7.67. The summed E-state index contributed by atoms with van der Waals surface area (Å²) < 4.78 is 0. The van der Waals surface area contributed by atoms with Gasteiger partial charge in [-0.25, -0.2) is 9.59 Å². The molecule has 0 heterocycles. The maximum Gasteiger partial charge on any atom is 0.337 e. The summed E-state index contributed by atoms with van der Waals surface area (Å²) in [6.45, 7) is 0.631. The van der Waals surface area contributed by atoms with E-state index < -0.39 is 5.97 Å². The van der Waals surface area contributed by atoms with E-state index in [1.54, 1.807) is 18.2 Å². The Hall–Kier alpha value is -2.04. The first-order chi connectivity index (χ1) is 10.2. The van der Waals surface area contributed by atoms with Crippen molar-refractivity contribution < 1.29 is 14.7 Å². The number of nitrogens with one attached hydrogen (secondary N) is 2. The molecule has 3 N–H and O–H groups in total. The molecule has 0 aliphatic heterocycles. The van der Waals surface area contributed by atoms with Crippen molar-refractivity contribution in [2.75, 3.05) is 11.9 Å². The number of carbonyl (C=O) groups is 2. The normalized spacial score (nSPS) is 15.4. The highest BCUT2D eigenvalue weighted by atomic mass is 16.4. The summed E-state index contributed by atoms with van der Waals surface area (Å²) >= 11 is 0. The van der Waals surface area contributed by atoms with Crippen LogP contribution < -0.4 is 10.6 Å². The molecule has 0 atom stereocenters. The fourth-order valence-corrected chi connectivity index (χ4v) is 2.81. The van der Waals surface area contributed by atoms with Crippen LogP contribution in [0.1, 0.15) is 48.9 Å². The summed E-state index contributed by atoms with van der Waals surface area (Å²) in [4.78, 5) is 22.9. The Labute approximate surface area is 124 Å². The van der Waals surface area contributed by atoms with Crippen LogP contribution in [0.3, 0.4) is 0 Å². The van der Waals surface area contributed by atoms with Gasteiger partial charge < -0.3 is 15.7 Å². The summed E-state index contributed by atoms with van der Waals surface area (Å²) in [7, 11) is 0. The Morgan fingerprint density at radius 3 is 2.57 bits per heavy atom. The Kier molecular flexibility index (Phi) is 5.60. The molecular formula is C16H22N2O3. The van der Waals surface area contributed by atoms with Gasteiger partial charge in [0, 0.05) is 6.54 Å². The molecule has 114 valence electrons. The zero-order chi connectivity index (χ0) is 15.1. The standard InChI is InChI=1S/C16H22N2O3/c19-15(20)13-8-4-5-9-14(13)18-16(21)17-11-10-12-6-2-1-3-7-12/h4-5,8-9,12H,1-3,6-7,10-11H2,(H,19,20)(H2,17,18,21). The van der Waals surface area contributed by atoms with Crippen molar-refractivity contribution in [2.24, 2.45) is 5.92 Å². The molecule has 1 aromatic carbocycles. The van der Waals surface area contributed by atoms with Crippen LogP contribution in [0.2, 0.25) is 0 Å². The van der Waals surface area contributed by atoms with Crippen LogP contribution in [-0.2, 0) is 0 Å². The van der Waals surface area contributed by atoms with Crippen LogP contribution in [-0.4, -0.2) is 23.7 Å². The molecule has 21 heavy (non-hydrogen) atoms. The van der Waals surface area contributed by atoms with Crippen LogP contribution in [0.25, 0.3) is 0 Å². The lowest BCUT2D eigenvalue weighted by molar-refractivity contribution is 0.0698. The molecule has 0 unspecified atom stereocenters. The zero-order valence-electron chi connectivity index (χ0n) is 12.1. The van der Waals surface area contributed by atoms with E-state index >= 15 is 0 Å². The number of aromatic carboxylic acids is 1. The maximum atomic E-state index is 11.8. The van der Waals surface area contributed by atoms with Crippen LogP contribution in [0.4, 0.5) is 10.5 Å². The van der Waals surface area contributed by atoms with Gasteiger partial charge >= 0.3 is 12.0 Å². The number of benzene rings is 1. The summed E-state index contributed by atoms with van der Waals surface area (Å²) in [5.74, 6) is -0.335. The largest absolute Gasteiger partial charge is 0.478 e. The van der Waals surface area contributed by atoms with E-state index in [4.69, 9.17) is 5.11 Å². The predicted molar refractivity (Wildman–Crippen MR) is 81.6 cm³/mol. The molecule has 0 radical (unpaired) electrons. The van der Waals surface area contributed by atoms with Gasteiger partial charge in [0.15, 0.2) is 0 Å². The SMILES string of the molecule is O=C(NCCC1CCCCC1)Nc1ccccc1C(=O)O. The minimum Gasteiger partial charge on any atom is -0.478 e. The highest BCUT2D eigenvalue weighted by Gasteiger charge is 2.14. The van der Waals surface area contributed by atoms with Gasteiger partial charge in [-0.2, -0.15) is 0 Å². The topological polar surface area (TPSA) is 78.4 Å². The highest BCUT2D eigenvalue weighted by molar-refractivity contribution is 5.99. The van der Waals surface area contributed by atoms with E-state index in [-0.39, 0.29) is 11.6 Å². The van der Waals surface area contributed by atoms with E-state index in [0.717, 1.165) is 6.42 Å². The monoisotopic (exact) mass is 290 g/mol. The smallest absolute Gasteiger partial charge is 0.337 e. The Balaban J connectivity index is 1.78. The van der Waals surface area contributed by atoms with Gasteiger partial charge in [0.25, 0.3) is 0 Å². The van der Waals surface area contributed by atoms with Crippen molar-refractivity contribution in [3.8, 4) is 0 Å². The average Bonchev–Trinajstić information content (AvgIpc) is 2.48. The molecule has 1 fully saturated rings. The van der Waals surface area contributed by atoms with Gasteiger partial charge in [-0.3, -0.25) is 0 Å². The van der Waals surface area contributed by atoms with Crippen LogP contribution in [0, 0.1) is 5.92 Å². The van der Waals surface area contributed by atoms with Crippen molar-refractivity contribution in [3.63, 3.8) is 0 Å². The average molecular weight is 290 g/mol. The molecule has 0 bridgehead atoms. The molecule has 0 saturated heterocycles. The lowest BCUT2D eigenvalue weighted by atomic mass is 9.87. The number of rotatable bonds is 5. The van der Waals surface area contributed by atoms with Crippen LogP contribution in [0.15, 0.2) is 24.3 Å². The molecule has 1 aliphatic carbocycles. The number of hydrogen-bond donors (Lipinski definition) is 3. The van der Waals surface area contributed by atoms with E-state index in [1.165, 1.54) is 38.2 Å². The van der Waals surface area contributed by atoms with Gasteiger partial charge in [-0.15, -0.1) is 0 Å². The number of carboxylic acid groups (broad SMARTS) is 1. The molecule has 5 heteroatoms. The van der Waals surface area contributed by atoms with Crippen molar-refractivity contribution in [1.82, 2.24) is 5.32 Å². The lowest BCUT2D eigenvalue weighted by Gasteiger charge is -2.21. The first-order valence-corrected chi connectivity index (χ1v) is 7.54. The summed E-state index contributed by atoms with van der Waals surface area (Å²) in [6.07, 6.45) is 7.42. The van der Waals surface area contributed by atoms with E-state index in [1.807, 2.05) is 0 Å². The molecule has 0 spiro atoms. The molecule has 5 nitrogen and oxygen atoms in total. The molecule has 2 rings (SSSR count). The predicted octanol–water partition coefficient (Wildman–Crippen LogP) is 3.48. The minimum absolute atomic E-state index is 0.0972. The lowest BCUT2D eigenvalue weighted by Crippen LogP contribution is -2.31. The molecule has 1 aromatic rings. The highest BCUT2D eigenvalue weighted by Crippen LogP contribution is 2.25. The summed E-state index contributed by atoms with van der Waals surface area (Å²) in [5, 5.41) is 14.5. The number of amides is 2. The Bertz CT molecular complexity index is 496. The van der Waals surface area contributed by atoms with Crippen molar-refractivity contribution in [2.45, 2.75) is 38.5 Å². The maximum absolute atomic E-state index is 11.8. The second-order valence-corrected chi connectivity index (χ2v) is 5.52. The van der Waals surface area contributed by atoms with Crippen molar-refractivity contribution >= 4 is 17.7 Å². The Morgan fingerprint density at radius 2 is 1.86 bits per heavy atom. The third-order valence-corrected chi connectivity index (χ3v) is 3.97. The van der Waals surface area contributed by atoms with E-state index in [2.05, 4.69) is 10.6 Å². The molecule has 1 saturated carbocycles. The number of carbonyl (C=O) groups excluding carboxylic acids is 1. The van der Waals surface area contributed by atoms with E-state index in [9.17, 15) is 9.59 Å². The van der Waals surface area contributed by atoms with Gasteiger partial charge in [-0.1, -0.05) is 44.2 Å². The number of hydrogen-bond acceptors (Lipinski definition) is 2. The number of para-hydroxylation sites is 1. The number of anilines is 1. The van der Waals surface area contributed by atoms with E-state index in [0.29, 0.717) is 18.2 Å². The first-order valence-electron chi connectivity index (χ1n) is 7.54. The third-order valence-electron chi connectivity index (χ3n) is 3.97.